The molecule has 0 unspecified atom stereocenters. The molecule has 1 aromatic heterocycles. The molecule has 0 radical (unpaired) electrons. The predicted molar refractivity (Wildman–Crippen MR) is 120 cm³/mol. The van der Waals surface area contributed by atoms with Crippen LogP contribution in [0.5, 0.6) is 5.75 Å². The number of ether oxygens (including phenoxy) is 1. The molecule has 5 nitrogen and oxygen atoms in total. The van der Waals surface area contributed by atoms with E-state index in [1.807, 2.05) is 24.4 Å². The number of rotatable bonds is 9. The second-order valence-electron chi connectivity index (χ2n) is 7.29. The van der Waals surface area contributed by atoms with E-state index in [2.05, 4.69) is 28.6 Å². The van der Waals surface area contributed by atoms with Gasteiger partial charge < -0.3 is 19.5 Å². The number of fused-ring (bicyclic) bond motifs is 1. The molecule has 2 aromatic carbocycles. The highest BCUT2D eigenvalue weighted by molar-refractivity contribution is 6.32. The molecule has 1 N–H and O–H groups in total. The van der Waals surface area contributed by atoms with Gasteiger partial charge in [-0.3, -0.25) is 4.79 Å². The van der Waals surface area contributed by atoms with E-state index in [-0.39, 0.29) is 17.4 Å². The van der Waals surface area contributed by atoms with E-state index in [0.717, 1.165) is 55.3 Å². The smallest absolute Gasteiger partial charge is 0.416 e. The number of benzene rings is 2. The molecule has 3 rings (SSSR count). The third kappa shape index (κ3) is 5.95. The summed E-state index contributed by atoms with van der Waals surface area (Å²) >= 11 is 5.85. The van der Waals surface area contributed by atoms with Crippen LogP contribution in [0.2, 0.25) is 5.02 Å². The van der Waals surface area contributed by atoms with E-state index in [1.165, 1.54) is 0 Å². The molecule has 172 valence electrons. The molecule has 0 atom stereocenters. The average Bonchev–Trinajstić information content (AvgIpc) is 3.15. The number of amides is 1. The number of alkyl halides is 3. The minimum atomic E-state index is -4.50. The standard InChI is InChI=1S/C23H25ClF3N3O2/c1-3-29(4-2)11-12-30-10-9-16-13-18(6-7-20(16)30)28-22(31)15-32-21-8-5-17(14-19(21)24)23(25,26)27/h5-10,13-14H,3-4,11-12,15H2,1-2H3,(H,28,31). The maximum atomic E-state index is 12.7. The zero-order valence-electron chi connectivity index (χ0n) is 17.9. The van der Waals surface area contributed by atoms with Crippen LogP contribution in [0.1, 0.15) is 19.4 Å². The van der Waals surface area contributed by atoms with Crippen LogP contribution in [0.25, 0.3) is 10.9 Å². The van der Waals surface area contributed by atoms with Crippen molar-refractivity contribution in [2.24, 2.45) is 0 Å². The maximum absolute atomic E-state index is 12.7. The third-order valence-corrected chi connectivity index (χ3v) is 5.52. The number of likely N-dealkylation sites (N-methyl/N-ethyl adjacent to an activating group) is 1. The highest BCUT2D eigenvalue weighted by Crippen LogP contribution is 2.34. The number of anilines is 1. The summed E-state index contributed by atoms with van der Waals surface area (Å²) in [4.78, 5) is 14.6. The molecule has 1 heterocycles. The van der Waals surface area contributed by atoms with Gasteiger partial charge in [0, 0.05) is 35.9 Å². The number of aromatic nitrogens is 1. The number of carbonyl (C=O) groups excluding carboxylic acids is 1. The van der Waals surface area contributed by atoms with Crippen LogP contribution in [-0.2, 0) is 17.5 Å². The SMILES string of the molecule is CCN(CC)CCn1ccc2cc(NC(=O)COc3ccc(C(F)(F)F)cc3Cl)ccc21. The van der Waals surface area contributed by atoms with Crippen molar-refractivity contribution in [3.05, 3.63) is 59.2 Å². The molecule has 1 amide bonds. The second-order valence-corrected chi connectivity index (χ2v) is 7.70. The summed E-state index contributed by atoms with van der Waals surface area (Å²) in [5.74, 6) is -0.433. The summed E-state index contributed by atoms with van der Waals surface area (Å²) in [5, 5.41) is 3.52. The van der Waals surface area contributed by atoms with Crippen molar-refractivity contribution in [1.82, 2.24) is 9.47 Å². The fraction of sp³-hybridized carbons (Fsp3) is 0.348. The van der Waals surface area contributed by atoms with Crippen LogP contribution in [0.15, 0.2) is 48.7 Å². The van der Waals surface area contributed by atoms with Gasteiger partial charge in [0.1, 0.15) is 5.75 Å². The molecule has 0 fully saturated rings. The minimum absolute atomic E-state index is 0.00977. The van der Waals surface area contributed by atoms with Gasteiger partial charge in [-0.05, 0) is 55.6 Å². The lowest BCUT2D eigenvalue weighted by atomic mass is 10.2. The number of nitrogens with zero attached hydrogens (tertiary/aromatic N) is 2. The van der Waals surface area contributed by atoms with Crippen LogP contribution in [0.3, 0.4) is 0 Å². The molecule has 0 saturated carbocycles. The van der Waals surface area contributed by atoms with Gasteiger partial charge >= 0.3 is 6.18 Å². The Hall–Kier alpha value is -2.71. The molecule has 0 bridgehead atoms. The fourth-order valence-corrected chi connectivity index (χ4v) is 3.63. The van der Waals surface area contributed by atoms with Crippen molar-refractivity contribution in [3.8, 4) is 5.75 Å². The van der Waals surface area contributed by atoms with Gasteiger partial charge in [0.15, 0.2) is 6.61 Å². The van der Waals surface area contributed by atoms with E-state index < -0.39 is 17.6 Å². The van der Waals surface area contributed by atoms with Crippen LogP contribution < -0.4 is 10.1 Å². The second kappa shape index (κ2) is 10.3. The zero-order chi connectivity index (χ0) is 23.3. The van der Waals surface area contributed by atoms with E-state index in [9.17, 15) is 18.0 Å². The van der Waals surface area contributed by atoms with Crippen molar-refractivity contribution in [2.45, 2.75) is 26.6 Å². The van der Waals surface area contributed by atoms with E-state index in [1.54, 1.807) is 6.07 Å². The maximum Gasteiger partial charge on any atom is 0.416 e. The molecule has 0 aliphatic rings. The monoisotopic (exact) mass is 467 g/mol. The zero-order valence-corrected chi connectivity index (χ0v) is 18.6. The summed E-state index contributed by atoms with van der Waals surface area (Å²) in [6, 6.07) is 10.3. The van der Waals surface area contributed by atoms with Gasteiger partial charge in [-0.2, -0.15) is 13.2 Å². The Labute approximate surface area is 189 Å². The van der Waals surface area contributed by atoms with Crippen LogP contribution >= 0.6 is 11.6 Å². The Morgan fingerprint density at radius 2 is 1.88 bits per heavy atom. The summed E-state index contributed by atoms with van der Waals surface area (Å²) in [5.41, 5.74) is 0.797. The van der Waals surface area contributed by atoms with Crippen LogP contribution in [0, 0.1) is 0 Å². The van der Waals surface area contributed by atoms with Crippen LogP contribution in [0.4, 0.5) is 18.9 Å². The Balaban J connectivity index is 1.59. The Morgan fingerprint density at radius 3 is 2.53 bits per heavy atom. The average molecular weight is 468 g/mol. The first kappa shape index (κ1) is 23.9. The largest absolute Gasteiger partial charge is 0.482 e. The first-order valence-corrected chi connectivity index (χ1v) is 10.7. The van der Waals surface area contributed by atoms with Crippen molar-refractivity contribution in [3.63, 3.8) is 0 Å². The van der Waals surface area contributed by atoms with E-state index >= 15 is 0 Å². The molecule has 0 spiro atoms. The van der Waals surface area contributed by atoms with Crippen molar-refractivity contribution in [1.29, 1.82) is 0 Å². The molecule has 0 aliphatic carbocycles. The number of nitrogens with one attached hydrogen (secondary N) is 1. The summed E-state index contributed by atoms with van der Waals surface area (Å²) in [6.07, 6.45) is -2.47. The van der Waals surface area contributed by atoms with Crippen LogP contribution in [-0.4, -0.2) is 41.6 Å². The first-order chi connectivity index (χ1) is 15.2. The fourth-order valence-electron chi connectivity index (χ4n) is 3.40. The molecule has 32 heavy (non-hydrogen) atoms. The number of carbonyl (C=O) groups is 1. The van der Waals surface area contributed by atoms with Gasteiger partial charge in [0.2, 0.25) is 0 Å². The normalized spacial score (nSPS) is 11.8. The molecular formula is C23H25ClF3N3O2. The number of hydrogen-bond acceptors (Lipinski definition) is 3. The summed E-state index contributed by atoms with van der Waals surface area (Å²) in [7, 11) is 0. The molecular weight excluding hydrogens is 443 g/mol. The van der Waals surface area contributed by atoms with Gasteiger partial charge in [0.05, 0.1) is 10.6 Å². The highest BCUT2D eigenvalue weighted by atomic mass is 35.5. The predicted octanol–water partition coefficient (Wildman–Crippen LogP) is 5.67. The topological polar surface area (TPSA) is 46.5 Å². The van der Waals surface area contributed by atoms with Gasteiger partial charge in [-0.15, -0.1) is 0 Å². The molecule has 3 aromatic rings. The summed E-state index contributed by atoms with van der Waals surface area (Å²) in [6.45, 7) is 7.74. The van der Waals surface area contributed by atoms with E-state index in [4.69, 9.17) is 16.3 Å². The Morgan fingerprint density at radius 1 is 1.12 bits per heavy atom. The number of hydrogen-bond donors (Lipinski definition) is 1. The highest BCUT2D eigenvalue weighted by Gasteiger charge is 2.31. The van der Waals surface area contributed by atoms with Crippen molar-refractivity contribution < 1.29 is 22.7 Å². The van der Waals surface area contributed by atoms with Gasteiger partial charge in [-0.25, -0.2) is 0 Å². The molecule has 0 aliphatic heterocycles. The summed E-state index contributed by atoms with van der Waals surface area (Å²) < 4.78 is 45.6. The Bertz CT molecular complexity index is 1080. The molecule has 9 heteroatoms. The lowest BCUT2D eigenvalue weighted by Crippen LogP contribution is -2.26. The molecule has 0 saturated heterocycles. The van der Waals surface area contributed by atoms with Gasteiger partial charge in [-0.1, -0.05) is 25.4 Å². The van der Waals surface area contributed by atoms with Crippen molar-refractivity contribution >= 4 is 34.1 Å². The van der Waals surface area contributed by atoms with Crippen molar-refractivity contribution in [2.75, 3.05) is 31.6 Å². The Kier molecular flexibility index (Phi) is 7.69. The van der Waals surface area contributed by atoms with Gasteiger partial charge in [0.25, 0.3) is 5.91 Å². The third-order valence-electron chi connectivity index (χ3n) is 5.22. The minimum Gasteiger partial charge on any atom is -0.482 e. The first-order valence-electron chi connectivity index (χ1n) is 10.3. The van der Waals surface area contributed by atoms with E-state index in [0.29, 0.717) is 5.69 Å². The lowest BCUT2D eigenvalue weighted by molar-refractivity contribution is -0.137. The lowest BCUT2D eigenvalue weighted by Gasteiger charge is -2.18. The quantitative estimate of drug-likeness (QED) is 0.441. The number of halogens is 4.